The molecule has 0 unspecified atom stereocenters. The Morgan fingerprint density at radius 3 is 2.60 bits per heavy atom. The molecule has 0 amide bonds. The Bertz CT molecular complexity index is 500. The Balaban J connectivity index is 2.36. The maximum atomic E-state index is 12.4. The summed E-state index contributed by atoms with van der Waals surface area (Å²) >= 11 is 0. The van der Waals surface area contributed by atoms with Crippen LogP contribution in [0.15, 0.2) is 12.1 Å². The average Bonchev–Trinajstić information content (AvgIpc) is 3.19. The van der Waals surface area contributed by atoms with Crippen LogP contribution in [0, 0.1) is 5.92 Å². The summed E-state index contributed by atoms with van der Waals surface area (Å²) in [7, 11) is 1.25. The summed E-state index contributed by atoms with van der Waals surface area (Å²) in [6.07, 6.45) is 2.01. The summed E-state index contributed by atoms with van der Waals surface area (Å²) in [6, 6.07) is 2.28. The number of halogens is 2. The fourth-order valence-electron chi connectivity index (χ4n) is 1.73. The topological polar surface area (TPSA) is 65.0 Å². The minimum atomic E-state index is -3.03. The van der Waals surface area contributed by atoms with Crippen molar-refractivity contribution < 1.29 is 32.9 Å². The van der Waals surface area contributed by atoms with Crippen LogP contribution in [0.3, 0.4) is 0 Å². The predicted molar refractivity (Wildman–Crippen MR) is 64.8 cm³/mol. The van der Waals surface area contributed by atoms with E-state index >= 15 is 0 Å². The Kier molecular flexibility index (Phi) is 4.26. The molecule has 20 heavy (non-hydrogen) atoms. The molecule has 0 bridgehead atoms. The number of benzene rings is 1. The van der Waals surface area contributed by atoms with Gasteiger partial charge in [0, 0.05) is 0 Å². The molecule has 0 radical (unpaired) electrons. The van der Waals surface area contributed by atoms with Crippen molar-refractivity contribution in [3.05, 3.63) is 17.7 Å². The maximum Gasteiger partial charge on any atom is 0.387 e. The van der Waals surface area contributed by atoms with Gasteiger partial charge in [-0.25, -0.2) is 4.79 Å². The van der Waals surface area contributed by atoms with Crippen LogP contribution in [0.2, 0.25) is 0 Å². The number of aromatic carboxylic acids is 1. The van der Waals surface area contributed by atoms with Gasteiger partial charge in [-0.15, -0.1) is 0 Å². The normalized spacial score (nSPS) is 14.2. The smallest absolute Gasteiger partial charge is 0.387 e. The van der Waals surface area contributed by atoms with Crippen molar-refractivity contribution in [1.29, 1.82) is 0 Å². The fourth-order valence-corrected chi connectivity index (χ4v) is 1.73. The quantitative estimate of drug-likeness (QED) is 0.835. The average molecular weight is 288 g/mol. The molecule has 110 valence electrons. The van der Waals surface area contributed by atoms with E-state index in [0.717, 1.165) is 25.0 Å². The Morgan fingerprint density at radius 1 is 1.40 bits per heavy atom. The highest BCUT2D eigenvalue weighted by Crippen LogP contribution is 2.42. The van der Waals surface area contributed by atoms with Crippen LogP contribution >= 0.6 is 0 Å². The van der Waals surface area contributed by atoms with Gasteiger partial charge in [-0.1, -0.05) is 0 Å². The number of hydrogen-bond acceptors (Lipinski definition) is 4. The van der Waals surface area contributed by atoms with Gasteiger partial charge in [0.15, 0.2) is 11.5 Å². The van der Waals surface area contributed by atoms with E-state index in [0.29, 0.717) is 12.5 Å². The third kappa shape index (κ3) is 3.28. The number of rotatable bonds is 7. The van der Waals surface area contributed by atoms with Crippen molar-refractivity contribution in [3.8, 4) is 17.2 Å². The lowest BCUT2D eigenvalue weighted by atomic mass is 10.1. The monoisotopic (exact) mass is 288 g/mol. The molecule has 0 saturated heterocycles. The first-order valence-corrected chi connectivity index (χ1v) is 6.04. The van der Waals surface area contributed by atoms with Crippen LogP contribution < -0.4 is 14.2 Å². The van der Waals surface area contributed by atoms with Gasteiger partial charge >= 0.3 is 12.6 Å². The Hall–Kier alpha value is -2.05. The second kappa shape index (κ2) is 5.94. The highest BCUT2D eigenvalue weighted by atomic mass is 19.3. The van der Waals surface area contributed by atoms with Crippen molar-refractivity contribution in [2.45, 2.75) is 19.5 Å². The van der Waals surface area contributed by atoms with Gasteiger partial charge in [0.1, 0.15) is 5.56 Å². The minimum absolute atomic E-state index is 0.0976. The number of carboxylic acids is 1. The molecule has 1 aromatic rings. The second-order valence-corrected chi connectivity index (χ2v) is 4.41. The lowest BCUT2D eigenvalue weighted by Gasteiger charge is -2.16. The fraction of sp³-hybridized carbons (Fsp3) is 0.462. The number of alkyl halides is 2. The summed E-state index contributed by atoms with van der Waals surface area (Å²) in [5, 5.41) is 9.06. The third-order valence-corrected chi connectivity index (χ3v) is 2.89. The van der Waals surface area contributed by atoms with Gasteiger partial charge in [0.05, 0.1) is 13.7 Å². The summed E-state index contributed by atoms with van der Waals surface area (Å²) in [6.45, 7) is -2.71. The van der Waals surface area contributed by atoms with E-state index in [1.807, 2.05) is 0 Å². The molecule has 1 fully saturated rings. The molecule has 1 aromatic carbocycles. The molecule has 2 rings (SSSR count). The van der Waals surface area contributed by atoms with Gasteiger partial charge in [0.25, 0.3) is 0 Å². The first kappa shape index (κ1) is 14.4. The zero-order chi connectivity index (χ0) is 14.7. The number of ether oxygens (including phenoxy) is 3. The van der Waals surface area contributed by atoms with Gasteiger partial charge in [-0.05, 0) is 30.9 Å². The number of hydrogen-bond donors (Lipinski definition) is 1. The Morgan fingerprint density at radius 2 is 2.10 bits per heavy atom. The number of carboxylic acid groups (broad SMARTS) is 1. The largest absolute Gasteiger partial charge is 0.492 e. The zero-order valence-electron chi connectivity index (χ0n) is 10.8. The first-order valence-electron chi connectivity index (χ1n) is 6.04. The van der Waals surface area contributed by atoms with Crippen LogP contribution in [0.5, 0.6) is 17.2 Å². The number of methoxy groups -OCH3 is 1. The van der Waals surface area contributed by atoms with Crippen LogP contribution in [0.4, 0.5) is 8.78 Å². The van der Waals surface area contributed by atoms with Crippen molar-refractivity contribution in [2.24, 2.45) is 5.92 Å². The molecule has 1 aliphatic carbocycles. The van der Waals surface area contributed by atoms with E-state index in [-0.39, 0.29) is 22.8 Å². The van der Waals surface area contributed by atoms with Crippen molar-refractivity contribution in [2.75, 3.05) is 13.7 Å². The van der Waals surface area contributed by atoms with Crippen LogP contribution in [-0.2, 0) is 0 Å². The van der Waals surface area contributed by atoms with Crippen LogP contribution in [0.1, 0.15) is 23.2 Å². The molecule has 1 N–H and O–H groups in total. The molecule has 0 aliphatic heterocycles. The number of carbonyl (C=O) groups is 1. The molecule has 0 heterocycles. The molecule has 0 spiro atoms. The van der Waals surface area contributed by atoms with E-state index in [9.17, 15) is 13.6 Å². The second-order valence-electron chi connectivity index (χ2n) is 4.41. The predicted octanol–water partition coefficient (Wildman–Crippen LogP) is 2.78. The summed E-state index contributed by atoms with van der Waals surface area (Å²) in [5.41, 5.74) is -0.167. The molecular weight excluding hydrogens is 274 g/mol. The van der Waals surface area contributed by atoms with E-state index in [2.05, 4.69) is 4.74 Å². The maximum absolute atomic E-state index is 12.4. The SMILES string of the molecule is COc1c(C(=O)O)ccc(OC(F)F)c1OCC1CC1. The Labute approximate surface area is 114 Å². The standard InChI is InChI=1S/C13H14F2O5/c1-18-10-8(12(16)17)4-5-9(20-13(14)15)11(10)19-6-7-2-3-7/h4-5,7,13H,2-3,6H2,1H3,(H,16,17). The summed E-state index contributed by atoms with van der Waals surface area (Å²) < 4.78 is 39.5. The van der Waals surface area contributed by atoms with Crippen molar-refractivity contribution in [1.82, 2.24) is 0 Å². The van der Waals surface area contributed by atoms with Crippen molar-refractivity contribution >= 4 is 5.97 Å². The van der Waals surface area contributed by atoms with Gasteiger partial charge < -0.3 is 19.3 Å². The molecular formula is C13H14F2O5. The van der Waals surface area contributed by atoms with Crippen LogP contribution in [-0.4, -0.2) is 31.4 Å². The highest BCUT2D eigenvalue weighted by molar-refractivity contribution is 5.92. The van der Waals surface area contributed by atoms with Gasteiger partial charge in [-0.2, -0.15) is 8.78 Å². The molecule has 7 heteroatoms. The lowest BCUT2D eigenvalue weighted by Crippen LogP contribution is -2.10. The van der Waals surface area contributed by atoms with E-state index in [1.54, 1.807) is 0 Å². The van der Waals surface area contributed by atoms with E-state index in [1.165, 1.54) is 7.11 Å². The van der Waals surface area contributed by atoms with E-state index in [4.69, 9.17) is 14.6 Å². The van der Waals surface area contributed by atoms with Crippen molar-refractivity contribution in [3.63, 3.8) is 0 Å². The molecule has 1 aliphatic rings. The highest BCUT2D eigenvalue weighted by Gasteiger charge is 2.26. The molecule has 5 nitrogen and oxygen atoms in total. The lowest BCUT2D eigenvalue weighted by molar-refractivity contribution is -0.0516. The summed E-state index contributed by atoms with van der Waals surface area (Å²) in [5.74, 6) is -1.31. The molecule has 0 aromatic heterocycles. The first-order chi connectivity index (χ1) is 9.52. The molecule has 1 saturated carbocycles. The molecule has 0 atom stereocenters. The van der Waals surface area contributed by atoms with E-state index < -0.39 is 12.6 Å². The zero-order valence-corrected chi connectivity index (χ0v) is 10.8. The van der Waals surface area contributed by atoms with Gasteiger partial charge in [-0.3, -0.25) is 0 Å². The summed E-state index contributed by atoms with van der Waals surface area (Å²) in [4.78, 5) is 11.1. The van der Waals surface area contributed by atoms with Crippen LogP contribution in [0.25, 0.3) is 0 Å². The minimum Gasteiger partial charge on any atom is -0.492 e. The van der Waals surface area contributed by atoms with Gasteiger partial charge in [0.2, 0.25) is 5.75 Å². The third-order valence-electron chi connectivity index (χ3n) is 2.89.